The Kier molecular flexibility index (Phi) is 5.21. The highest BCUT2D eigenvalue weighted by Gasteiger charge is 2.15. The van der Waals surface area contributed by atoms with Crippen LogP contribution < -0.4 is 16.7 Å². The lowest BCUT2D eigenvalue weighted by molar-refractivity contribution is 0.0955. The highest BCUT2D eigenvalue weighted by atomic mass is 16.3. The summed E-state index contributed by atoms with van der Waals surface area (Å²) in [7, 11) is 0. The minimum atomic E-state index is -0.819. The van der Waals surface area contributed by atoms with Crippen LogP contribution in [0.3, 0.4) is 0 Å². The van der Waals surface area contributed by atoms with Gasteiger partial charge in [0.05, 0.1) is 11.9 Å². The van der Waals surface area contributed by atoms with Crippen LogP contribution in [0.2, 0.25) is 0 Å². The Morgan fingerprint density at radius 3 is 2.50 bits per heavy atom. The molecule has 142 valence electrons. The minimum absolute atomic E-state index is 0.258. The first kappa shape index (κ1) is 18.8. The van der Waals surface area contributed by atoms with Crippen molar-refractivity contribution in [3.8, 4) is 11.6 Å². The molecule has 1 amide bonds. The molecule has 0 unspecified atom stereocenters. The quantitative estimate of drug-likeness (QED) is 0.472. The van der Waals surface area contributed by atoms with Crippen LogP contribution in [0, 0.1) is 13.8 Å². The summed E-state index contributed by atoms with van der Waals surface area (Å²) in [6.45, 7) is 3.79. The van der Waals surface area contributed by atoms with Crippen LogP contribution in [0.1, 0.15) is 27.0 Å². The Labute approximate surface area is 159 Å². The van der Waals surface area contributed by atoms with Gasteiger partial charge in [0, 0.05) is 5.56 Å². The van der Waals surface area contributed by atoms with Gasteiger partial charge in [0.1, 0.15) is 5.56 Å². The average Bonchev–Trinajstić information content (AvgIpc) is 2.67. The van der Waals surface area contributed by atoms with E-state index in [0.717, 1.165) is 21.9 Å². The molecule has 0 aliphatic carbocycles. The average molecular weight is 378 g/mol. The van der Waals surface area contributed by atoms with Gasteiger partial charge in [0.15, 0.2) is 0 Å². The molecule has 0 spiro atoms. The fourth-order valence-electron chi connectivity index (χ4n) is 2.57. The number of aryl methyl sites for hydroxylation is 2. The first-order chi connectivity index (χ1) is 13.4. The lowest BCUT2D eigenvalue weighted by atomic mass is 10.1. The summed E-state index contributed by atoms with van der Waals surface area (Å²) in [6.07, 6.45) is 0.992. The molecule has 3 N–H and O–H groups in total. The summed E-state index contributed by atoms with van der Waals surface area (Å²) in [5.74, 6) is -1.05. The van der Waals surface area contributed by atoms with Crippen LogP contribution in [0.25, 0.3) is 5.69 Å². The Hall–Kier alpha value is -3.94. The Morgan fingerprint density at radius 2 is 1.82 bits per heavy atom. The van der Waals surface area contributed by atoms with E-state index in [0.29, 0.717) is 11.3 Å². The maximum Gasteiger partial charge on any atom is 0.335 e. The van der Waals surface area contributed by atoms with E-state index in [2.05, 4.69) is 15.5 Å². The van der Waals surface area contributed by atoms with Gasteiger partial charge in [-0.05, 0) is 49.2 Å². The molecule has 1 aromatic heterocycles. The molecule has 0 radical (unpaired) electrons. The number of rotatable bonds is 4. The van der Waals surface area contributed by atoms with Crippen molar-refractivity contribution in [1.82, 2.24) is 15.0 Å². The molecule has 28 heavy (non-hydrogen) atoms. The fourth-order valence-corrected chi connectivity index (χ4v) is 2.57. The van der Waals surface area contributed by atoms with E-state index in [-0.39, 0.29) is 5.56 Å². The predicted molar refractivity (Wildman–Crippen MR) is 105 cm³/mol. The fraction of sp³-hybridized carbons (Fsp3) is 0.100. The zero-order valence-electron chi connectivity index (χ0n) is 15.3. The van der Waals surface area contributed by atoms with E-state index in [4.69, 9.17) is 0 Å². The van der Waals surface area contributed by atoms with Gasteiger partial charge in [-0.25, -0.2) is 14.8 Å². The molecular formula is C20H18N4O4. The molecule has 0 aliphatic rings. The van der Waals surface area contributed by atoms with Crippen molar-refractivity contribution < 1.29 is 9.90 Å². The first-order valence-corrected chi connectivity index (χ1v) is 8.43. The number of H-pyrrole nitrogens is 1. The zero-order chi connectivity index (χ0) is 20.3. The number of nitrogens with zero attached hydrogens (tertiary/aromatic N) is 2. The van der Waals surface area contributed by atoms with Crippen molar-refractivity contribution >= 4 is 12.1 Å². The molecule has 0 saturated carbocycles. The normalized spacial score (nSPS) is 10.9. The topological polar surface area (TPSA) is 117 Å². The summed E-state index contributed by atoms with van der Waals surface area (Å²) in [6, 6.07) is 13.6. The highest BCUT2D eigenvalue weighted by molar-refractivity contribution is 5.94. The summed E-state index contributed by atoms with van der Waals surface area (Å²) in [5.41, 5.74) is 3.13. The van der Waals surface area contributed by atoms with Gasteiger partial charge >= 0.3 is 5.69 Å². The third-order valence-electron chi connectivity index (χ3n) is 4.27. The maximum absolute atomic E-state index is 12.2. The van der Waals surface area contributed by atoms with Crippen LogP contribution in [-0.2, 0) is 0 Å². The Bertz CT molecular complexity index is 1180. The van der Waals surface area contributed by atoms with Gasteiger partial charge in [0.25, 0.3) is 11.5 Å². The summed E-state index contributed by atoms with van der Waals surface area (Å²) in [5, 5.41) is 14.2. The second-order valence-corrected chi connectivity index (χ2v) is 6.17. The van der Waals surface area contributed by atoms with Crippen molar-refractivity contribution in [1.29, 1.82) is 0 Å². The number of carbonyl (C=O) groups is 1. The van der Waals surface area contributed by atoms with Crippen molar-refractivity contribution in [3.05, 3.63) is 91.6 Å². The molecule has 0 bridgehead atoms. The smallest absolute Gasteiger partial charge is 0.335 e. The van der Waals surface area contributed by atoms with Crippen molar-refractivity contribution in [2.45, 2.75) is 13.8 Å². The van der Waals surface area contributed by atoms with Gasteiger partial charge in [0.2, 0.25) is 5.88 Å². The van der Waals surface area contributed by atoms with Gasteiger partial charge < -0.3 is 5.11 Å². The van der Waals surface area contributed by atoms with Crippen LogP contribution in [0.15, 0.2) is 63.2 Å². The molecule has 0 aliphatic heterocycles. The SMILES string of the molecule is Cc1ccc(-n2c(O)c(C=NNC(=O)c3ccccc3)c(=O)[nH]c2=O)cc1C. The standard InChI is InChI=1S/C20H18N4O4/c1-12-8-9-15(10-13(12)2)24-19(27)16(18(26)22-20(24)28)11-21-23-17(25)14-6-4-3-5-7-14/h3-11,27H,1-2H3,(H,23,25)(H,22,26,28). The summed E-state index contributed by atoms with van der Waals surface area (Å²) in [4.78, 5) is 38.4. The lowest BCUT2D eigenvalue weighted by Gasteiger charge is -2.11. The monoisotopic (exact) mass is 378 g/mol. The lowest BCUT2D eigenvalue weighted by Crippen LogP contribution is -2.31. The molecule has 0 saturated heterocycles. The van der Waals surface area contributed by atoms with Gasteiger partial charge in [-0.1, -0.05) is 24.3 Å². The number of benzene rings is 2. The molecule has 2 aromatic carbocycles. The number of hydrogen-bond acceptors (Lipinski definition) is 5. The molecule has 0 atom stereocenters. The second kappa shape index (κ2) is 7.75. The Morgan fingerprint density at radius 1 is 1.11 bits per heavy atom. The van der Waals surface area contributed by atoms with Gasteiger partial charge in [-0.2, -0.15) is 5.10 Å². The molecule has 8 heteroatoms. The predicted octanol–water partition coefficient (Wildman–Crippen LogP) is 1.61. The summed E-state index contributed by atoms with van der Waals surface area (Å²) < 4.78 is 0.966. The maximum atomic E-state index is 12.2. The van der Waals surface area contributed by atoms with Gasteiger partial charge in [-0.15, -0.1) is 0 Å². The van der Waals surface area contributed by atoms with Crippen LogP contribution in [-0.4, -0.2) is 26.8 Å². The van der Waals surface area contributed by atoms with E-state index in [1.807, 2.05) is 13.8 Å². The molecule has 0 fully saturated rings. The number of carbonyl (C=O) groups excluding carboxylic acids is 1. The third-order valence-corrected chi connectivity index (χ3v) is 4.27. The number of aromatic hydroxyl groups is 1. The number of aromatic nitrogens is 2. The van der Waals surface area contributed by atoms with Crippen LogP contribution in [0.4, 0.5) is 0 Å². The molecule has 3 aromatic rings. The third kappa shape index (κ3) is 3.75. The van der Waals surface area contributed by atoms with Gasteiger partial charge in [-0.3, -0.25) is 14.6 Å². The molecule has 8 nitrogen and oxygen atoms in total. The minimum Gasteiger partial charge on any atom is -0.493 e. The summed E-state index contributed by atoms with van der Waals surface area (Å²) >= 11 is 0. The number of nitrogens with one attached hydrogen (secondary N) is 2. The molecule has 3 rings (SSSR count). The molecular weight excluding hydrogens is 360 g/mol. The van der Waals surface area contributed by atoms with E-state index < -0.39 is 23.0 Å². The highest BCUT2D eigenvalue weighted by Crippen LogP contribution is 2.18. The second-order valence-electron chi connectivity index (χ2n) is 6.17. The van der Waals surface area contributed by atoms with Crippen molar-refractivity contribution in [3.63, 3.8) is 0 Å². The number of aromatic amines is 1. The van der Waals surface area contributed by atoms with Crippen molar-refractivity contribution in [2.75, 3.05) is 0 Å². The van der Waals surface area contributed by atoms with Crippen molar-refractivity contribution in [2.24, 2.45) is 5.10 Å². The van der Waals surface area contributed by atoms with E-state index in [1.54, 1.807) is 48.5 Å². The molecule has 1 heterocycles. The van der Waals surface area contributed by atoms with E-state index in [1.165, 1.54) is 0 Å². The zero-order valence-corrected chi connectivity index (χ0v) is 15.3. The van der Waals surface area contributed by atoms with E-state index in [9.17, 15) is 19.5 Å². The van der Waals surface area contributed by atoms with Crippen LogP contribution >= 0.6 is 0 Å². The number of hydrogen-bond donors (Lipinski definition) is 3. The number of hydrazone groups is 1. The van der Waals surface area contributed by atoms with Crippen LogP contribution in [0.5, 0.6) is 5.88 Å². The largest absolute Gasteiger partial charge is 0.493 e. The number of amides is 1. The Balaban J connectivity index is 1.96. The van der Waals surface area contributed by atoms with E-state index >= 15 is 0 Å². The first-order valence-electron chi connectivity index (χ1n) is 8.43.